The number of nitro benzene ring substituents is 1. The number of H-pyrrole nitrogens is 2. The van der Waals surface area contributed by atoms with Gasteiger partial charge in [-0.1, -0.05) is 38.1 Å². The molecule has 0 bridgehead atoms. The van der Waals surface area contributed by atoms with Crippen LogP contribution in [0.25, 0.3) is 22.1 Å². The third kappa shape index (κ3) is 9.27. The molecule has 1 atom stereocenters. The molecule has 0 amide bonds. The van der Waals surface area contributed by atoms with Crippen molar-refractivity contribution in [1.29, 1.82) is 0 Å². The molecule has 2 N–H and O–H groups in total. The molecule has 0 radical (unpaired) electrons. The molecule has 6 heterocycles. The average molecular weight is 959 g/mol. The maximum atomic E-state index is 16.1. The number of imidazole rings is 1. The summed E-state index contributed by atoms with van der Waals surface area (Å²) in [5.41, 5.74) is 3.15. The van der Waals surface area contributed by atoms with Gasteiger partial charge in [0.1, 0.15) is 39.0 Å². The van der Waals surface area contributed by atoms with E-state index in [1.54, 1.807) is 30.6 Å². The first-order valence-corrected chi connectivity index (χ1v) is 26.4. The van der Waals surface area contributed by atoms with Gasteiger partial charge in [-0.3, -0.25) is 19.8 Å². The fourth-order valence-electron chi connectivity index (χ4n) is 12.0. The van der Waals surface area contributed by atoms with Crippen molar-refractivity contribution in [1.82, 2.24) is 29.7 Å². The van der Waals surface area contributed by atoms with Gasteiger partial charge < -0.3 is 24.5 Å². The van der Waals surface area contributed by atoms with E-state index < -0.39 is 42.5 Å². The molecule has 3 aromatic carbocycles. The van der Waals surface area contributed by atoms with Crippen molar-refractivity contribution in [3.8, 4) is 11.5 Å². The number of carbonyl (C=O) groups excluding carboxylic acids is 1. The summed E-state index contributed by atoms with van der Waals surface area (Å²) < 4.78 is 51.3. The number of piperidine rings is 2. The molecule has 4 fully saturated rings. The number of aromatic amines is 2. The zero-order valence-electron chi connectivity index (χ0n) is 40.0. The summed E-state index contributed by atoms with van der Waals surface area (Å²) in [7, 11) is -4.53. The molecule has 3 aliphatic heterocycles. The summed E-state index contributed by atoms with van der Waals surface area (Å²) in [4.78, 5) is 47.9. The van der Waals surface area contributed by atoms with E-state index in [2.05, 4.69) is 86.6 Å². The highest BCUT2D eigenvalue weighted by Gasteiger charge is 2.50. The number of aryl methyl sites for hydroxylation is 1. The van der Waals surface area contributed by atoms with Gasteiger partial charge in [0.2, 0.25) is 0 Å². The molecule has 1 spiro atoms. The van der Waals surface area contributed by atoms with E-state index in [0.29, 0.717) is 66.8 Å². The zero-order chi connectivity index (χ0) is 48.2. The number of rotatable bonds is 15. The van der Waals surface area contributed by atoms with Gasteiger partial charge in [0.05, 0.1) is 34.1 Å². The number of sulfone groups is 1. The lowest BCUT2D eigenvalue weighted by atomic mass is 9.59. The predicted octanol–water partition coefficient (Wildman–Crippen LogP) is 10.7. The molecule has 1 saturated carbocycles. The third-order valence-electron chi connectivity index (χ3n) is 16.0. The van der Waals surface area contributed by atoms with E-state index in [0.717, 1.165) is 49.6 Å². The second kappa shape index (κ2) is 18.6. The van der Waals surface area contributed by atoms with Crippen LogP contribution >= 0.6 is 0 Å². The molecule has 1 aliphatic carbocycles. The topological polar surface area (TPSA) is 171 Å². The van der Waals surface area contributed by atoms with Crippen molar-refractivity contribution in [3.05, 3.63) is 112 Å². The van der Waals surface area contributed by atoms with Crippen molar-refractivity contribution < 1.29 is 27.3 Å². The number of alkyl halides is 1. The lowest BCUT2D eigenvalue weighted by molar-refractivity contribution is -0.385. The fraction of sp³-hybridized carbons (Fsp3) is 0.491. The Balaban J connectivity index is 0.870. The van der Waals surface area contributed by atoms with Crippen LogP contribution in [-0.4, -0.2) is 105 Å². The fourth-order valence-corrected chi connectivity index (χ4v) is 13.4. The van der Waals surface area contributed by atoms with E-state index in [1.807, 2.05) is 12.1 Å². The number of nitro groups is 1. The molecule has 16 heteroatoms. The highest BCUT2D eigenvalue weighted by Crippen LogP contribution is 2.54. The van der Waals surface area contributed by atoms with Crippen molar-refractivity contribution in [2.75, 3.05) is 43.4 Å². The number of nitrogens with zero attached hydrogens (tertiary/aromatic N) is 6. The van der Waals surface area contributed by atoms with E-state index in [4.69, 9.17) is 4.74 Å². The molecule has 3 saturated heterocycles. The summed E-state index contributed by atoms with van der Waals surface area (Å²) in [5, 5.41) is 13.4. The minimum absolute atomic E-state index is 0.00839. The SMILES string of the molecule is CC(C)c1ccccc1[C@@H]1CCCN1C1CC2(CCN(c3ccc(C(=O)CS(=O)(=O)c4cc([N+](=O)[O-])c(CCC5(F)CCN(C(C)C)CC5)c5[nH]cnc45)c(Oc4cnc5[nH]ccc5c4)c3)CC2)C1. The Morgan fingerprint density at radius 2 is 1.72 bits per heavy atom. The number of aromatic nitrogens is 4. The van der Waals surface area contributed by atoms with Gasteiger partial charge in [0.25, 0.3) is 5.69 Å². The minimum atomic E-state index is -4.53. The molecule has 4 aliphatic rings. The maximum absolute atomic E-state index is 16.1. The molecule has 0 unspecified atom stereocenters. The Morgan fingerprint density at radius 1 is 0.957 bits per heavy atom. The first-order chi connectivity index (χ1) is 33.1. The van der Waals surface area contributed by atoms with Crippen molar-refractivity contribution >= 4 is 49.1 Å². The third-order valence-corrected chi connectivity index (χ3v) is 17.6. The van der Waals surface area contributed by atoms with Gasteiger partial charge in [-0.05, 0) is 131 Å². The van der Waals surface area contributed by atoms with Gasteiger partial charge in [0, 0.05) is 73.7 Å². The highest BCUT2D eigenvalue weighted by atomic mass is 32.2. The van der Waals surface area contributed by atoms with Crippen LogP contribution in [0.5, 0.6) is 11.5 Å². The number of hydrogen-bond acceptors (Lipinski definition) is 11. The number of pyridine rings is 1. The highest BCUT2D eigenvalue weighted by molar-refractivity contribution is 7.92. The van der Waals surface area contributed by atoms with Gasteiger partial charge in [0.15, 0.2) is 15.6 Å². The van der Waals surface area contributed by atoms with E-state index in [9.17, 15) is 23.3 Å². The van der Waals surface area contributed by atoms with Crippen LogP contribution < -0.4 is 9.64 Å². The van der Waals surface area contributed by atoms with Crippen LogP contribution in [-0.2, 0) is 16.3 Å². The van der Waals surface area contributed by atoms with Crippen molar-refractivity contribution in [3.63, 3.8) is 0 Å². The molecule has 3 aromatic heterocycles. The number of ketones is 1. The number of carbonyl (C=O) groups is 1. The number of nitrogens with one attached hydrogen (secondary N) is 2. The van der Waals surface area contributed by atoms with Crippen molar-refractivity contribution in [2.45, 2.75) is 127 Å². The zero-order valence-corrected chi connectivity index (χ0v) is 40.9. The Kier molecular flexibility index (Phi) is 12.6. The Bertz CT molecular complexity index is 3000. The normalized spacial score (nSPS) is 20.1. The second-order valence-electron chi connectivity index (χ2n) is 20.8. The van der Waals surface area contributed by atoms with Gasteiger partial charge >= 0.3 is 0 Å². The number of benzene rings is 3. The van der Waals surface area contributed by atoms with Crippen LogP contribution in [0.3, 0.4) is 0 Å². The molecule has 14 nitrogen and oxygen atoms in total. The summed E-state index contributed by atoms with van der Waals surface area (Å²) in [6.45, 7) is 12.7. The van der Waals surface area contributed by atoms with Gasteiger partial charge in [-0.15, -0.1) is 0 Å². The summed E-state index contributed by atoms with van der Waals surface area (Å²) >= 11 is 0. The average Bonchev–Trinajstić information content (AvgIpc) is 4.12. The number of hydrogen-bond donors (Lipinski definition) is 2. The van der Waals surface area contributed by atoms with Crippen LogP contribution in [0, 0.1) is 15.5 Å². The van der Waals surface area contributed by atoms with Gasteiger partial charge in [-0.25, -0.2) is 22.8 Å². The number of likely N-dealkylation sites (tertiary alicyclic amines) is 2. The standard InChI is InChI=1S/C53H63FN8O6S/c1-34(2)40-8-5-6-9-41(40)44-10-7-21-61(44)38-29-52(30-38)16-22-60(23-17-52)37-11-12-43(47(27-37)68-39-26-36-14-20-55-51(36)56-31-39)46(63)32-69(66,67)48-28-45(62(64)65)42(49-50(48)58-33-57-49)13-15-53(54)18-24-59(25-19-53)35(3)4/h5-6,8-9,11-12,14,20,26-28,31,33-35,38,44H,7,10,13,15-19,21-25,29-30,32H2,1-4H3,(H,55,56)(H,57,58)/t44-/m0/s1. The number of fused-ring (bicyclic) bond motifs is 2. The Labute approximate surface area is 403 Å². The lowest BCUT2D eigenvalue weighted by Crippen LogP contribution is -2.54. The van der Waals surface area contributed by atoms with Crippen molar-refractivity contribution in [2.24, 2.45) is 5.41 Å². The number of anilines is 1. The van der Waals surface area contributed by atoms with Crippen LogP contribution in [0.1, 0.15) is 124 Å². The molecule has 69 heavy (non-hydrogen) atoms. The smallest absolute Gasteiger partial charge is 0.276 e. The monoisotopic (exact) mass is 958 g/mol. The quantitative estimate of drug-likeness (QED) is 0.0570. The summed E-state index contributed by atoms with van der Waals surface area (Å²) in [6.07, 6.45) is 12.2. The number of Topliss-reactive ketones (excluding diaryl/α,β-unsaturated/α-hetero) is 1. The molecule has 364 valence electrons. The van der Waals surface area contributed by atoms with E-state index in [1.165, 1.54) is 43.1 Å². The largest absolute Gasteiger partial charge is 0.455 e. The lowest BCUT2D eigenvalue weighted by Gasteiger charge is -2.56. The van der Waals surface area contributed by atoms with Gasteiger partial charge in [-0.2, -0.15) is 0 Å². The summed E-state index contributed by atoms with van der Waals surface area (Å²) in [6, 6.07) is 20.2. The second-order valence-corrected chi connectivity index (χ2v) is 22.8. The molecule has 10 rings (SSSR count). The molecular formula is C53H63FN8O6S. The Hall–Kier alpha value is -5.71. The van der Waals surface area contributed by atoms with Crippen LogP contribution in [0.15, 0.2) is 84.3 Å². The molecule has 6 aromatic rings. The van der Waals surface area contributed by atoms with E-state index in [-0.39, 0.29) is 40.8 Å². The number of halogens is 1. The predicted molar refractivity (Wildman–Crippen MR) is 266 cm³/mol. The first-order valence-electron chi connectivity index (χ1n) is 24.8. The maximum Gasteiger partial charge on any atom is 0.276 e. The number of ether oxygens (including phenoxy) is 1. The minimum Gasteiger partial charge on any atom is -0.455 e. The first kappa shape index (κ1) is 47.0. The van der Waals surface area contributed by atoms with Crippen LogP contribution in [0.2, 0.25) is 0 Å². The molecular weight excluding hydrogens is 896 g/mol. The van der Waals surface area contributed by atoms with Crippen LogP contribution in [0.4, 0.5) is 15.8 Å². The Morgan fingerprint density at radius 3 is 2.46 bits per heavy atom. The summed E-state index contributed by atoms with van der Waals surface area (Å²) in [5.74, 6) is -0.702. The van der Waals surface area contributed by atoms with E-state index >= 15 is 4.39 Å².